The van der Waals surface area contributed by atoms with Crippen molar-refractivity contribution in [2.24, 2.45) is 0 Å². The largest absolute Gasteiger partial charge is 0.481 e. The summed E-state index contributed by atoms with van der Waals surface area (Å²) < 4.78 is 11.5. The van der Waals surface area contributed by atoms with Crippen molar-refractivity contribution in [1.29, 1.82) is 0 Å². The molecule has 1 unspecified atom stereocenters. The first-order valence-electron chi connectivity index (χ1n) is 10.5. The Labute approximate surface area is 177 Å². The quantitative estimate of drug-likeness (QED) is 0.322. The van der Waals surface area contributed by atoms with Crippen LogP contribution in [0.5, 0.6) is 5.75 Å². The second kappa shape index (κ2) is 9.00. The molecule has 0 amide bonds. The number of carbonyl (C=O) groups excluding carboxylic acids is 1. The minimum Gasteiger partial charge on any atom is -0.481 e. The smallest absolute Gasteiger partial charge is 0.344 e. The summed E-state index contributed by atoms with van der Waals surface area (Å²) in [5.74, 6) is 0.345. The van der Waals surface area contributed by atoms with Crippen LogP contribution < -0.4 is 4.74 Å². The highest BCUT2D eigenvalue weighted by atomic mass is 16.6. The lowest BCUT2D eigenvalue weighted by molar-refractivity contribution is -0.150. The highest BCUT2D eigenvalue weighted by molar-refractivity contribution is 6.07. The molecule has 0 N–H and O–H groups in total. The van der Waals surface area contributed by atoms with Gasteiger partial charge in [0.2, 0.25) is 0 Å². The van der Waals surface area contributed by atoms with Gasteiger partial charge in [-0.25, -0.2) is 4.79 Å². The van der Waals surface area contributed by atoms with Crippen LogP contribution in [0.3, 0.4) is 0 Å². The number of ether oxygens (including phenoxy) is 2. The van der Waals surface area contributed by atoms with Gasteiger partial charge in [-0.15, -0.1) is 0 Å². The van der Waals surface area contributed by atoms with Crippen molar-refractivity contribution in [2.45, 2.75) is 32.8 Å². The molecule has 0 fully saturated rings. The van der Waals surface area contributed by atoms with Gasteiger partial charge in [-0.2, -0.15) is 0 Å². The Bertz CT molecular complexity index is 1170. The molecule has 0 aliphatic heterocycles. The molecular formula is C27H26O3. The number of carbonyl (C=O) groups is 1. The lowest BCUT2D eigenvalue weighted by atomic mass is 9.93. The van der Waals surface area contributed by atoms with E-state index >= 15 is 0 Å². The first-order chi connectivity index (χ1) is 14.7. The molecule has 1 atom stereocenters. The zero-order valence-corrected chi connectivity index (χ0v) is 17.4. The van der Waals surface area contributed by atoms with Gasteiger partial charge in [0.05, 0.1) is 6.10 Å². The predicted molar refractivity (Wildman–Crippen MR) is 123 cm³/mol. The van der Waals surface area contributed by atoms with Crippen LogP contribution in [0.4, 0.5) is 0 Å². The summed E-state index contributed by atoms with van der Waals surface area (Å²) in [6, 6.07) is 26.8. The summed E-state index contributed by atoms with van der Waals surface area (Å²) in [4.78, 5) is 12.3. The van der Waals surface area contributed by atoms with Crippen LogP contribution in [0, 0.1) is 0 Å². The van der Waals surface area contributed by atoms with Crippen molar-refractivity contribution < 1.29 is 14.3 Å². The number of hydrogen-bond donors (Lipinski definition) is 0. The first kappa shape index (κ1) is 20.0. The molecule has 3 heteroatoms. The van der Waals surface area contributed by atoms with Crippen molar-refractivity contribution in [3.05, 3.63) is 78.9 Å². The molecule has 0 bridgehead atoms. The third-order valence-corrected chi connectivity index (χ3v) is 5.32. The molecule has 0 spiro atoms. The van der Waals surface area contributed by atoms with E-state index < -0.39 is 0 Å². The molecule has 0 heterocycles. The number of fused-ring (bicyclic) bond motifs is 2. The maximum atomic E-state index is 12.3. The Kier molecular flexibility index (Phi) is 5.99. The molecule has 0 radical (unpaired) electrons. The van der Waals surface area contributed by atoms with Crippen molar-refractivity contribution in [1.82, 2.24) is 0 Å². The van der Waals surface area contributed by atoms with E-state index in [0.29, 0.717) is 5.75 Å². The van der Waals surface area contributed by atoms with Crippen LogP contribution in [-0.2, 0) is 9.53 Å². The Balaban J connectivity index is 1.75. The second-order valence-electron chi connectivity index (χ2n) is 7.56. The molecule has 0 saturated carbocycles. The molecule has 30 heavy (non-hydrogen) atoms. The van der Waals surface area contributed by atoms with E-state index in [1.807, 2.05) is 43.3 Å². The summed E-state index contributed by atoms with van der Waals surface area (Å²) >= 11 is 0. The van der Waals surface area contributed by atoms with Crippen LogP contribution in [0.15, 0.2) is 78.9 Å². The third-order valence-electron chi connectivity index (χ3n) is 5.32. The fraction of sp³-hybridized carbons (Fsp3) is 0.222. The van der Waals surface area contributed by atoms with Gasteiger partial charge >= 0.3 is 5.97 Å². The Morgan fingerprint density at radius 3 is 2.27 bits per heavy atom. The minimum atomic E-state index is -0.340. The monoisotopic (exact) mass is 398 g/mol. The zero-order chi connectivity index (χ0) is 20.9. The molecular weight excluding hydrogens is 372 g/mol. The molecule has 4 aromatic carbocycles. The van der Waals surface area contributed by atoms with Crippen molar-refractivity contribution in [3.8, 4) is 16.9 Å². The van der Waals surface area contributed by atoms with Gasteiger partial charge < -0.3 is 9.47 Å². The van der Waals surface area contributed by atoms with E-state index in [0.717, 1.165) is 40.1 Å². The van der Waals surface area contributed by atoms with Crippen LogP contribution in [0.25, 0.3) is 32.7 Å². The number of rotatable bonds is 7. The number of benzene rings is 4. The zero-order valence-electron chi connectivity index (χ0n) is 17.4. The normalized spacial score (nSPS) is 12.1. The maximum Gasteiger partial charge on any atom is 0.344 e. The third kappa shape index (κ3) is 4.16. The van der Waals surface area contributed by atoms with E-state index in [1.54, 1.807) is 0 Å². The lowest BCUT2D eigenvalue weighted by Crippen LogP contribution is -2.20. The molecule has 4 aromatic rings. The molecule has 4 rings (SSSR count). The van der Waals surface area contributed by atoms with Crippen LogP contribution >= 0.6 is 0 Å². The highest BCUT2D eigenvalue weighted by Crippen LogP contribution is 2.40. The summed E-state index contributed by atoms with van der Waals surface area (Å²) in [6.45, 7) is 3.88. The maximum absolute atomic E-state index is 12.3. The molecule has 3 nitrogen and oxygen atoms in total. The van der Waals surface area contributed by atoms with Crippen LogP contribution in [-0.4, -0.2) is 18.7 Å². The Morgan fingerprint density at radius 1 is 0.833 bits per heavy atom. The number of esters is 1. The lowest BCUT2D eigenvalue weighted by Gasteiger charge is -2.17. The van der Waals surface area contributed by atoms with Gasteiger partial charge in [-0.05, 0) is 46.5 Å². The average molecular weight is 399 g/mol. The van der Waals surface area contributed by atoms with E-state index in [-0.39, 0.29) is 18.7 Å². The highest BCUT2D eigenvalue weighted by Gasteiger charge is 2.16. The van der Waals surface area contributed by atoms with Gasteiger partial charge in [-0.3, -0.25) is 0 Å². The van der Waals surface area contributed by atoms with Crippen molar-refractivity contribution >= 4 is 27.5 Å². The Hall–Kier alpha value is -3.33. The van der Waals surface area contributed by atoms with E-state index in [9.17, 15) is 4.79 Å². The fourth-order valence-electron chi connectivity index (χ4n) is 3.95. The van der Waals surface area contributed by atoms with Crippen molar-refractivity contribution in [2.75, 3.05) is 6.61 Å². The van der Waals surface area contributed by atoms with Gasteiger partial charge in [0.1, 0.15) is 5.75 Å². The minimum absolute atomic E-state index is 0.0970. The van der Waals surface area contributed by atoms with E-state index in [2.05, 4.69) is 49.4 Å². The SMILES string of the molecule is CCCC(C)OC(=O)COc1ccc2ccccc2c1-c1cccc2ccccc12. The van der Waals surface area contributed by atoms with Gasteiger partial charge in [-0.1, -0.05) is 86.1 Å². The molecule has 0 aromatic heterocycles. The Morgan fingerprint density at radius 2 is 1.50 bits per heavy atom. The predicted octanol–water partition coefficient (Wildman–Crippen LogP) is 6.77. The van der Waals surface area contributed by atoms with Crippen LogP contribution in [0.2, 0.25) is 0 Å². The van der Waals surface area contributed by atoms with E-state index in [4.69, 9.17) is 9.47 Å². The first-order valence-corrected chi connectivity index (χ1v) is 10.5. The molecule has 0 aliphatic rings. The number of hydrogen-bond acceptors (Lipinski definition) is 3. The molecule has 0 saturated heterocycles. The summed E-state index contributed by atoms with van der Waals surface area (Å²) in [7, 11) is 0. The summed E-state index contributed by atoms with van der Waals surface area (Å²) in [6.07, 6.45) is 1.73. The molecule has 152 valence electrons. The fourth-order valence-corrected chi connectivity index (χ4v) is 3.95. The van der Waals surface area contributed by atoms with Gasteiger partial charge in [0.15, 0.2) is 6.61 Å². The summed E-state index contributed by atoms with van der Waals surface area (Å²) in [5.41, 5.74) is 2.09. The topological polar surface area (TPSA) is 35.5 Å². The van der Waals surface area contributed by atoms with E-state index in [1.165, 1.54) is 5.39 Å². The van der Waals surface area contributed by atoms with Crippen molar-refractivity contribution in [3.63, 3.8) is 0 Å². The summed E-state index contributed by atoms with van der Waals surface area (Å²) in [5, 5.41) is 4.55. The van der Waals surface area contributed by atoms with Gasteiger partial charge in [0.25, 0.3) is 0 Å². The molecule has 0 aliphatic carbocycles. The standard InChI is InChI=1S/C27H26O3/c1-3-9-19(2)30-26(28)18-29-25-17-16-21-11-5-7-14-23(21)27(25)24-15-8-12-20-10-4-6-13-22(20)24/h4-8,10-17,19H,3,9,18H2,1-2H3. The van der Waals surface area contributed by atoms with Gasteiger partial charge in [0, 0.05) is 5.56 Å². The average Bonchev–Trinajstić information content (AvgIpc) is 2.77. The second-order valence-corrected chi connectivity index (χ2v) is 7.56. The van der Waals surface area contributed by atoms with Crippen LogP contribution in [0.1, 0.15) is 26.7 Å².